The molecule has 0 aliphatic carbocycles. The van der Waals surface area contributed by atoms with E-state index in [1.807, 2.05) is 0 Å². The average molecular weight is 389 g/mol. The Morgan fingerprint density at radius 3 is 2.37 bits per heavy atom. The topological polar surface area (TPSA) is 163 Å². The number of hydrogen-bond donors (Lipinski definition) is 2. The number of hydrogen-bond acceptors (Lipinski definition) is 7. The van der Waals surface area contributed by atoms with Crippen LogP contribution in [0.15, 0.2) is 62.6 Å². The molecule has 3 rings (SSSR count). The number of nitro groups is 1. The number of fused-ring (bicyclic) bond motifs is 1. The van der Waals surface area contributed by atoms with E-state index < -0.39 is 26.5 Å². The molecule has 0 atom stereocenters. The van der Waals surface area contributed by atoms with E-state index in [9.17, 15) is 28.1 Å². The van der Waals surface area contributed by atoms with Crippen molar-refractivity contribution in [3.05, 3.63) is 74.6 Å². The molecule has 11 heteroatoms. The zero-order valence-electron chi connectivity index (χ0n) is 13.4. The van der Waals surface area contributed by atoms with E-state index >= 15 is 0 Å². The molecule has 0 aliphatic heterocycles. The van der Waals surface area contributed by atoms with Crippen molar-refractivity contribution in [3.63, 3.8) is 0 Å². The van der Waals surface area contributed by atoms with E-state index in [2.05, 4.69) is 5.32 Å². The smallest absolute Gasteiger partial charge is 0.349 e. The van der Waals surface area contributed by atoms with Crippen LogP contribution in [-0.2, 0) is 10.0 Å². The fraction of sp³-hybridized carbons (Fsp3) is 0. The number of primary sulfonamides is 1. The lowest BCUT2D eigenvalue weighted by Gasteiger charge is -2.06. The van der Waals surface area contributed by atoms with Gasteiger partial charge in [0.15, 0.2) is 0 Å². The summed E-state index contributed by atoms with van der Waals surface area (Å²) in [5.74, 6) is -0.819. The largest absolute Gasteiger partial charge is 0.422 e. The van der Waals surface area contributed by atoms with Crippen LogP contribution in [-0.4, -0.2) is 19.2 Å². The number of amides is 1. The van der Waals surface area contributed by atoms with E-state index in [1.165, 1.54) is 48.5 Å². The zero-order valence-corrected chi connectivity index (χ0v) is 14.2. The van der Waals surface area contributed by atoms with Crippen LogP contribution in [0.1, 0.15) is 10.4 Å². The van der Waals surface area contributed by atoms with Crippen molar-refractivity contribution >= 4 is 38.3 Å². The molecule has 0 fully saturated rings. The second kappa shape index (κ2) is 6.63. The first-order valence-corrected chi connectivity index (χ1v) is 8.86. The molecule has 0 bridgehead atoms. The van der Waals surface area contributed by atoms with E-state index in [0.717, 1.165) is 0 Å². The van der Waals surface area contributed by atoms with Crippen LogP contribution in [0.3, 0.4) is 0 Å². The summed E-state index contributed by atoms with van der Waals surface area (Å²) in [6.07, 6.45) is 0. The molecule has 10 nitrogen and oxygen atoms in total. The van der Waals surface area contributed by atoms with Gasteiger partial charge in [-0.15, -0.1) is 0 Å². The molecular formula is C16H11N3O7S. The fourth-order valence-corrected chi connectivity index (χ4v) is 2.82. The fourth-order valence-electron chi connectivity index (χ4n) is 2.31. The van der Waals surface area contributed by atoms with E-state index in [0.29, 0.717) is 0 Å². The van der Waals surface area contributed by atoms with Crippen LogP contribution in [0.4, 0.5) is 11.4 Å². The minimum atomic E-state index is -3.88. The van der Waals surface area contributed by atoms with Gasteiger partial charge in [0, 0.05) is 23.2 Å². The number of sulfonamides is 1. The molecule has 0 spiro atoms. The standard InChI is InChI=1S/C16H11N3O7S/c17-27(24,25)12-4-1-10(2-5-12)18-15(20)13-8-9-7-11(19(22)23)3-6-14(9)26-16(13)21/h1-8H,(H,18,20)(H2,17,24,25). The lowest BCUT2D eigenvalue weighted by molar-refractivity contribution is -0.384. The third-order valence-corrected chi connectivity index (χ3v) is 4.54. The maximum Gasteiger partial charge on any atom is 0.349 e. The highest BCUT2D eigenvalue weighted by atomic mass is 32.2. The summed E-state index contributed by atoms with van der Waals surface area (Å²) in [6, 6.07) is 9.78. The van der Waals surface area contributed by atoms with Gasteiger partial charge in [-0.25, -0.2) is 18.4 Å². The summed E-state index contributed by atoms with van der Waals surface area (Å²) in [6.45, 7) is 0. The maximum atomic E-state index is 12.3. The first kappa shape index (κ1) is 18.2. The first-order chi connectivity index (χ1) is 12.6. The van der Waals surface area contributed by atoms with Crippen molar-refractivity contribution in [2.45, 2.75) is 4.90 Å². The van der Waals surface area contributed by atoms with Crippen LogP contribution in [0.2, 0.25) is 0 Å². The quantitative estimate of drug-likeness (QED) is 0.389. The molecule has 0 aliphatic rings. The number of carbonyl (C=O) groups is 1. The lowest BCUT2D eigenvalue weighted by Crippen LogP contribution is -2.20. The van der Waals surface area contributed by atoms with Crippen molar-refractivity contribution in [1.29, 1.82) is 0 Å². The maximum absolute atomic E-state index is 12.3. The number of non-ortho nitro benzene ring substituents is 1. The molecule has 2 aromatic carbocycles. The van der Waals surface area contributed by atoms with Crippen molar-refractivity contribution in [2.75, 3.05) is 5.32 Å². The van der Waals surface area contributed by atoms with Gasteiger partial charge in [-0.3, -0.25) is 14.9 Å². The Morgan fingerprint density at radius 2 is 1.78 bits per heavy atom. The third-order valence-electron chi connectivity index (χ3n) is 3.61. The molecular weight excluding hydrogens is 378 g/mol. The highest BCUT2D eigenvalue weighted by Gasteiger charge is 2.16. The highest BCUT2D eigenvalue weighted by Crippen LogP contribution is 2.21. The lowest BCUT2D eigenvalue weighted by atomic mass is 10.1. The monoisotopic (exact) mass is 389 g/mol. The van der Waals surface area contributed by atoms with E-state index in [1.54, 1.807) is 0 Å². The molecule has 27 heavy (non-hydrogen) atoms. The van der Waals surface area contributed by atoms with Gasteiger partial charge >= 0.3 is 5.63 Å². The molecule has 0 saturated carbocycles. The van der Waals surface area contributed by atoms with Crippen molar-refractivity contribution < 1.29 is 22.6 Å². The predicted molar refractivity (Wildman–Crippen MR) is 94.9 cm³/mol. The SMILES string of the molecule is NS(=O)(=O)c1ccc(NC(=O)c2cc3cc([N+](=O)[O-])ccc3oc2=O)cc1. The second-order valence-corrected chi connectivity index (χ2v) is 7.01. The molecule has 1 heterocycles. The summed E-state index contributed by atoms with van der Waals surface area (Å²) in [7, 11) is -3.88. The van der Waals surface area contributed by atoms with Gasteiger partial charge in [0.1, 0.15) is 11.1 Å². The molecule has 1 aromatic heterocycles. The minimum Gasteiger partial charge on any atom is -0.422 e. The van der Waals surface area contributed by atoms with Gasteiger partial charge in [0.25, 0.3) is 11.6 Å². The molecule has 1 amide bonds. The summed E-state index contributed by atoms with van der Waals surface area (Å²) in [5.41, 5.74) is -1.19. The predicted octanol–water partition coefficient (Wildman–Crippen LogP) is 1.60. The Balaban J connectivity index is 1.94. The highest BCUT2D eigenvalue weighted by molar-refractivity contribution is 7.89. The number of anilines is 1. The van der Waals surface area contributed by atoms with E-state index in [4.69, 9.17) is 9.56 Å². The van der Waals surface area contributed by atoms with Crippen LogP contribution < -0.4 is 16.1 Å². The van der Waals surface area contributed by atoms with Gasteiger partial charge in [0.2, 0.25) is 10.0 Å². The Hall–Kier alpha value is -3.57. The van der Waals surface area contributed by atoms with Gasteiger partial charge in [-0.1, -0.05) is 0 Å². The second-order valence-electron chi connectivity index (χ2n) is 5.45. The van der Waals surface area contributed by atoms with Gasteiger partial charge in [-0.2, -0.15) is 0 Å². The number of rotatable bonds is 4. The Labute approximate surface area is 151 Å². The Bertz CT molecular complexity index is 1230. The zero-order chi connectivity index (χ0) is 19.8. The molecule has 0 radical (unpaired) electrons. The number of carbonyl (C=O) groups excluding carboxylic acids is 1. The minimum absolute atomic E-state index is 0.0969. The third kappa shape index (κ3) is 3.83. The Morgan fingerprint density at radius 1 is 1.11 bits per heavy atom. The molecule has 0 unspecified atom stereocenters. The van der Waals surface area contributed by atoms with Crippen LogP contribution >= 0.6 is 0 Å². The van der Waals surface area contributed by atoms with Gasteiger partial charge in [0.05, 0.1) is 9.82 Å². The van der Waals surface area contributed by atoms with Crippen LogP contribution in [0, 0.1) is 10.1 Å². The molecule has 0 saturated heterocycles. The number of benzene rings is 2. The molecule has 3 N–H and O–H groups in total. The normalized spacial score (nSPS) is 11.3. The number of nitrogens with two attached hydrogens (primary N) is 1. The molecule has 3 aromatic rings. The first-order valence-electron chi connectivity index (χ1n) is 7.32. The number of nitrogens with zero attached hydrogens (tertiary/aromatic N) is 1. The van der Waals surface area contributed by atoms with Gasteiger partial charge < -0.3 is 9.73 Å². The summed E-state index contributed by atoms with van der Waals surface area (Å²) >= 11 is 0. The number of nitro benzene ring substituents is 1. The van der Waals surface area contributed by atoms with Crippen molar-refractivity contribution in [2.24, 2.45) is 5.14 Å². The summed E-state index contributed by atoms with van der Waals surface area (Å²) in [5, 5.41) is 18.5. The number of nitrogens with one attached hydrogen (secondary N) is 1. The molecule has 138 valence electrons. The summed E-state index contributed by atoms with van der Waals surface area (Å²) in [4.78, 5) is 34.4. The summed E-state index contributed by atoms with van der Waals surface area (Å²) < 4.78 is 27.5. The average Bonchev–Trinajstić information content (AvgIpc) is 2.60. The Kier molecular flexibility index (Phi) is 4.47. The van der Waals surface area contributed by atoms with Crippen LogP contribution in [0.5, 0.6) is 0 Å². The van der Waals surface area contributed by atoms with Crippen molar-refractivity contribution in [1.82, 2.24) is 0 Å². The van der Waals surface area contributed by atoms with E-state index in [-0.39, 0.29) is 32.8 Å². The van der Waals surface area contributed by atoms with Crippen LogP contribution in [0.25, 0.3) is 11.0 Å². The van der Waals surface area contributed by atoms with Crippen molar-refractivity contribution in [3.8, 4) is 0 Å². The van der Waals surface area contributed by atoms with Gasteiger partial charge in [-0.05, 0) is 36.4 Å².